The van der Waals surface area contributed by atoms with Crippen LogP contribution < -0.4 is 5.32 Å². The van der Waals surface area contributed by atoms with Crippen molar-refractivity contribution in [3.05, 3.63) is 96.3 Å². The average Bonchev–Trinajstić information content (AvgIpc) is 3.41. The molecule has 0 saturated carbocycles. The van der Waals surface area contributed by atoms with Crippen molar-refractivity contribution >= 4 is 16.9 Å². The van der Waals surface area contributed by atoms with Crippen molar-refractivity contribution in [2.45, 2.75) is 19.0 Å². The number of imidazole rings is 1. The number of hydrogen-bond donors (Lipinski definition) is 1. The van der Waals surface area contributed by atoms with E-state index in [0.717, 1.165) is 42.8 Å². The first-order valence-corrected chi connectivity index (χ1v) is 10.4. The summed E-state index contributed by atoms with van der Waals surface area (Å²) >= 11 is 0. The molecule has 150 valence electrons. The van der Waals surface area contributed by atoms with Crippen molar-refractivity contribution in [2.24, 2.45) is 0 Å². The lowest BCUT2D eigenvalue weighted by Gasteiger charge is -2.17. The molecule has 5 heteroatoms. The Morgan fingerprint density at radius 2 is 1.73 bits per heavy atom. The lowest BCUT2D eigenvalue weighted by atomic mass is 10.1. The Balaban J connectivity index is 1.22. The second kappa shape index (κ2) is 8.13. The molecule has 1 amide bonds. The van der Waals surface area contributed by atoms with Crippen molar-refractivity contribution in [3.8, 4) is 5.69 Å². The van der Waals surface area contributed by atoms with Crippen LogP contribution in [0, 0.1) is 0 Å². The number of hydrogen-bond acceptors (Lipinski definition) is 3. The number of rotatable bonds is 5. The molecule has 1 saturated heterocycles. The van der Waals surface area contributed by atoms with Gasteiger partial charge < -0.3 is 5.32 Å². The van der Waals surface area contributed by atoms with Gasteiger partial charge in [-0.05, 0) is 48.4 Å². The van der Waals surface area contributed by atoms with Gasteiger partial charge in [0, 0.05) is 36.9 Å². The number of carbonyl (C=O) groups excluding carboxylic acids is 1. The van der Waals surface area contributed by atoms with Crippen LogP contribution in [0.15, 0.2) is 85.2 Å². The van der Waals surface area contributed by atoms with Crippen LogP contribution in [0.4, 0.5) is 0 Å². The number of para-hydroxylation sites is 2. The molecule has 1 fully saturated rings. The first kappa shape index (κ1) is 18.6. The van der Waals surface area contributed by atoms with Crippen LogP contribution >= 0.6 is 0 Å². The molecule has 1 aliphatic heterocycles. The minimum Gasteiger partial charge on any atom is -0.348 e. The second-order valence-corrected chi connectivity index (χ2v) is 7.83. The molecule has 5 nitrogen and oxygen atoms in total. The molecule has 1 N–H and O–H groups in total. The van der Waals surface area contributed by atoms with Crippen LogP contribution in [-0.2, 0) is 6.54 Å². The molecule has 0 radical (unpaired) electrons. The van der Waals surface area contributed by atoms with Gasteiger partial charge in [0.05, 0.1) is 11.0 Å². The van der Waals surface area contributed by atoms with Crippen LogP contribution in [0.25, 0.3) is 16.7 Å². The van der Waals surface area contributed by atoms with Gasteiger partial charge in [-0.1, -0.05) is 42.5 Å². The molecule has 1 atom stereocenters. The highest BCUT2D eigenvalue weighted by atomic mass is 16.1. The number of nitrogens with one attached hydrogen (secondary N) is 1. The molecular weight excluding hydrogens is 372 g/mol. The normalized spacial score (nSPS) is 16.7. The fourth-order valence-corrected chi connectivity index (χ4v) is 4.14. The quantitative estimate of drug-likeness (QED) is 0.554. The third-order valence-corrected chi connectivity index (χ3v) is 5.72. The van der Waals surface area contributed by atoms with E-state index in [1.165, 1.54) is 5.56 Å². The summed E-state index contributed by atoms with van der Waals surface area (Å²) < 4.78 is 2.04. The Labute approximate surface area is 176 Å². The van der Waals surface area contributed by atoms with Crippen LogP contribution in [0.3, 0.4) is 0 Å². The fraction of sp³-hybridized carbons (Fsp3) is 0.200. The lowest BCUT2D eigenvalue weighted by Crippen LogP contribution is -2.36. The molecule has 4 aromatic rings. The van der Waals surface area contributed by atoms with Gasteiger partial charge in [0.25, 0.3) is 5.91 Å². The Kier molecular flexibility index (Phi) is 5.03. The highest BCUT2D eigenvalue weighted by molar-refractivity contribution is 5.94. The second-order valence-electron chi connectivity index (χ2n) is 7.83. The number of nitrogens with zero attached hydrogens (tertiary/aromatic N) is 3. The Bertz CT molecular complexity index is 1150. The van der Waals surface area contributed by atoms with Gasteiger partial charge in [-0.3, -0.25) is 14.3 Å². The van der Waals surface area contributed by atoms with E-state index in [0.29, 0.717) is 5.56 Å². The number of fused-ring (bicyclic) bond motifs is 1. The van der Waals surface area contributed by atoms with Gasteiger partial charge >= 0.3 is 0 Å². The largest absolute Gasteiger partial charge is 0.348 e. The molecule has 3 aromatic carbocycles. The molecule has 1 aliphatic rings. The standard InChI is InChI=1S/C25H24N4O/c30-25(27-21-14-15-28(17-21)16-19-6-2-1-3-7-19)20-10-12-22(13-11-20)29-18-26-23-8-4-5-9-24(23)29/h1-13,18,21H,14-17H2,(H,27,30)/t21-/m1/s1. The zero-order valence-corrected chi connectivity index (χ0v) is 16.7. The SMILES string of the molecule is O=C(N[C@@H]1CCN(Cc2ccccc2)C1)c1ccc(-n2cnc3ccccc32)cc1. The Morgan fingerprint density at radius 1 is 0.967 bits per heavy atom. The van der Waals surface area contributed by atoms with Gasteiger partial charge in [0.2, 0.25) is 0 Å². The topological polar surface area (TPSA) is 50.2 Å². The zero-order chi connectivity index (χ0) is 20.3. The molecule has 1 aromatic heterocycles. The van der Waals surface area contributed by atoms with Gasteiger partial charge in [0.1, 0.15) is 6.33 Å². The maximum atomic E-state index is 12.7. The predicted molar refractivity (Wildman–Crippen MR) is 119 cm³/mol. The number of aromatic nitrogens is 2. The zero-order valence-electron chi connectivity index (χ0n) is 16.7. The van der Waals surface area contributed by atoms with E-state index in [-0.39, 0.29) is 11.9 Å². The summed E-state index contributed by atoms with van der Waals surface area (Å²) in [5.41, 5.74) is 5.01. The molecular formula is C25H24N4O. The van der Waals surface area contributed by atoms with E-state index in [1.54, 1.807) is 0 Å². The summed E-state index contributed by atoms with van der Waals surface area (Å²) in [5, 5.41) is 3.20. The summed E-state index contributed by atoms with van der Waals surface area (Å²) in [6, 6.07) is 26.4. The third kappa shape index (κ3) is 3.84. The summed E-state index contributed by atoms with van der Waals surface area (Å²) in [4.78, 5) is 19.6. The monoisotopic (exact) mass is 396 g/mol. The smallest absolute Gasteiger partial charge is 0.251 e. The highest BCUT2D eigenvalue weighted by Crippen LogP contribution is 2.19. The summed E-state index contributed by atoms with van der Waals surface area (Å²) in [5.74, 6) is -0.0106. The molecule has 0 aliphatic carbocycles. The molecule has 5 rings (SSSR count). The van der Waals surface area contributed by atoms with Gasteiger partial charge in [-0.2, -0.15) is 0 Å². The van der Waals surface area contributed by atoms with Crippen molar-refractivity contribution in [1.82, 2.24) is 19.8 Å². The van der Waals surface area contributed by atoms with Crippen molar-refractivity contribution < 1.29 is 4.79 Å². The number of benzene rings is 3. The first-order chi connectivity index (χ1) is 14.8. The minimum atomic E-state index is -0.0106. The van der Waals surface area contributed by atoms with Crippen molar-refractivity contribution in [2.75, 3.05) is 13.1 Å². The van der Waals surface area contributed by atoms with E-state index >= 15 is 0 Å². The van der Waals surface area contributed by atoms with E-state index in [9.17, 15) is 4.79 Å². The molecule has 0 spiro atoms. The van der Waals surface area contributed by atoms with E-state index < -0.39 is 0 Å². The number of likely N-dealkylation sites (tertiary alicyclic amines) is 1. The lowest BCUT2D eigenvalue weighted by molar-refractivity contribution is 0.0937. The summed E-state index contributed by atoms with van der Waals surface area (Å²) in [7, 11) is 0. The van der Waals surface area contributed by atoms with E-state index in [2.05, 4.69) is 39.5 Å². The summed E-state index contributed by atoms with van der Waals surface area (Å²) in [6.07, 6.45) is 2.80. The highest BCUT2D eigenvalue weighted by Gasteiger charge is 2.24. The third-order valence-electron chi connectivity index (χ3n) is 5.72. The molecule has 2 heterocycles. The summed E-state index contributed by atoms with van der Waals surface area (Å²) in [6.45, 7) is 2.83. The van der Waals surface area contributed by atoms with Crippen molar-refractivity contribution in [3.63, 3.8) is 0 Å². The maximum absolute atomic E-state index is 12.7. The van der Waals surface area contributed by atoms with Gasteiger partial charge in [0.15, 0.2) is 0 Å². The first-order valence-electron chi connectivity index (χ1n) is 10.4. The average molecular weight is 396 g/mol. The van der Waals surface area contributed by atoms with E-state index in [4.69, 9.17) is 0 Å². The predicted octanol–water partition coefficient (Wildman–Crippen LogP) is 4.03. The van der Waals surface area contributed by atoms with Gasteiger partial charge in [-0.15, -0.1) is 0 Å². The maximum Gasteiger partial charge on any atom is 0.251 e. The molecule has 0 unspecified atom stereocenters. The van der Waals surface area contributed by atoms with Crippen molar-refractivity contribution in [1.29, 1.82) is 0 Å². The Hall–Kier alpha value is -3.44. The number of carbonyl (C=O) groups is 1. The van der Waals surface area contributed by atoms with Crippen LogP contribution in [0.2, 0.25) is 0 Å². The minimum absolute atomic E-state index is 0.0106. The molecule has 0 bridgehead atoms. The van der Waals surface area contributed by atoms with E-state index in [1.807, 2.05) is 65.5 Å². The van der Waals surface area contributed by atoms with Gasteiger partial charge in [-0.25, -0.2) is 4.98 Å². The Morgan fingerprint density at radius 3 is 2.57 bits per heavy atom. The van der Waals surface area contributed by atoms with Crippen LogP contribution in [-0.4, -0.2) is 39.5 Å². The van der Waals surface area contributed by atoms with Crippen LogP contribution in [0.1, 0.15) is 22.3 Å². The fourth-order valence-electron chi connectivity index (χ4n) is 4.14. The van der Waals surface area contributed by atoms with Crippen LogP contribution in [0.5, 0.6) is 0 Å². The molecule has 30 heavy (non-hydrogen) atoms. The number of amides is 1.